The van der Waals surface area contributed by atoms with Gasteiger partial charge in [0.1, 0.15) is 0 Å². The zero-order chi connectivity index (χ0) is 16.4. The summed E-state index contributed by atoms with van der Waals surface area (Å²) >= 11 is 0. The van der Waals surface area contributed by atoms with Crippen molar-refractivity contribution in [2.75, 3.05) is 13.1 Å². The minimum atomic E-state index is -0.784. The van der Waals surface area contributed by atoms with Gasteiger partial charge in [-0.2, -0.15) is 0 Å². The molecule has 1 saturated heterocycles. The highest BCUT2D eigenvalue weighted by Gasteiger charge is 2.45. The molecule has 0 radical (unpaired) electrons. The molecule has 1 aromatic rings. The number of likely N-dealkylation sites (tertiary alicyclic amines) is 1. The molecule has 2 aliphatic rings. The molecule has 1 aliphatic heterocycles. The number of rotatable bonds is 3. The lowest BCUT2D eigenvalue weighted by molar-refractivity contribution is -0.142. The van der Waals surface area contributed by atoms with Gasteiger partial charge in [0, 0.05) is 13.1 Å². The van der Waals surface area contributed by atoms with Gasteiger partial charge < -0.3 is 10.0 Å². The zero-order valence-electron chi connectivity index (χ0n) is 13.8. The minimum Gasteiger partial charge on any atom is -0.481 e. The summed E-state index contributed by atoms with van der Waals surface area (Å²) in [6.07, 6.45) is 5.64. The van der Waals surface area contributed by atoms with Crippen molar-refractivity contribution < 1.29 is 14.7 Å². The van der Waals surface area contributed by atoms with Gasteiger partial charge in [0.25, 0.3) is 0 Å². The van der Waals surface area contributed by atoms with E-state index in [1.165, 1.54) is 12.0 Å². The average molecular weight is 315 g/mol. The van der Waals surface area contributed by atoms with E-state index in [-0.39, 0.29) is 5.91 Å². The molecule has 0 bridgehead atoms. The molecule has 4 nitrogen and oxygen atoms in total. The van der Waals surface area contributed by atoms with Crippen molar-refractivity contribution in [3.8, 4) is 0 Å². The largest absolute Gasteiger partial charge is 0.481 e. The van der Waals surface area contributed by atoms with Crippen molar-refractivity contribution in [1.29, 1.82) is 0 Å². The van der Waals surface area contributed by atoms with E-state index in [0.29, 0.717) is 19.5 Å². The van der Waals surface area contributed by atoms with Gasteiger partial charge in [-0.15, -0.1) is 0 Å². The Morgan fingerprint density at radius 2 is 1.96 bits per heavy atom. The topological polar surface area (TPSA) is 57.6 Å². The molecule has 1 saturated carbocycles. The molecule has 23 heavy (non-hydrogen) atoms. The number of carboxylic acid groups (broad SMARTS) is 1. The first-order chi connectivity index (χ1) is 11.0. The maximum Gasteiger partial charge on any atom is 0.308 e. The molecule has 2 fully saturated rings. The summed E-state index contributed by atoms with van der Waals surface area (Å²) in [4.78, 5) is 26.3. The number of benzene rings is 1. The van der Waals surface area contributed by atoms with E-state index >= 15 is 0 Å². The van der Waals surface area contributed by atoms with Crippen LogP contribution >= 0.6 is 0 Å². The molecule has 1 aliphatic carbocycles. The first-order valence-electron chi connectivity index (χ1n) is 8.62. The molecular formula is C19H25NO3. The Kier molecular flexibility index (Phi) is 4.42. The number of nitrogens with zero attached hydrogens (tertiary/aromatic N) is 1. The second-order valence-corrected chi connectivity index (χ2v) is 7.09. The van der Waals surface area contributed by atoms with E-state index in [0.717, 1.165) is 31.2 Å². The van der Waals surface area contributed by atoms with Gasteiger partial charge in [0.2, 0.25) is 5.91 Å². The van der Waals surface area contributed by atoms with Gasteiger partial charge >= 0.3 is 5.97 Å². The first-order valence-corrected chi connectivity index (χ1v) is 8.62. The Balaban J connectivity index is 1.90. The highest BCUT2D eigenvalue weighted by molar-refractivity contribution is 5.89. The van der Waals surface area contributed by atoms with E-state index in [4.69, 9.17) is 0 Å². The maximum absolute atomic E-state index is 13.3. The third kappa shape index (κ3) is 2.99. The van der Waals surface area contributed by atoms with Crippen molar-refractivity contribution in [3.63, 3.8) is 0 Å². The van der Waals surface area contributed by atoms with Crippen LogP contribution in [0.5, 0.6) is 0 Å². The van der Waals surface area contributed by atoms with E-state index in [1.807, 2.05) is 6.07 Å². The van der Waals surface area contributed by atoms with Crippen molar-refractivity contribution in [2.45, 2.75) is 50.9 Å². The Labute approximate surface area is 137 Å². The molecule has 1 heterocycles. The van der Waals surface area contributed by atoms with Crippen LogP contribution in [0.1, 0.15) is 49.7 Å². The van der Waals surface area contributed by atoms with Crippen LogP contribution in [0.2, 0.25) is 0 Å². The normalized spacial score (nSPS) is 23.7. The average Bonchev–Trinajstić information content (AvgIpc) is 3.05. The molecule has 0 aromatic heterocycles. The third-order valence-electron chi connectivity index (χ3n) is 5.51. The van der Waals surface area contributed by atoms with Crippen LogP contribution in [0.15, 0.2) is 24.3 Å². The number of hydrogen-bond acceptors (Lipinski definition) is 2. The Morgan fingerprint density at radius 3 is 2.57 bits per heavy atom. The van der Waals surface area contributed by atoms with Gasteiger partial charge in [-0.05, 0) is 31.7 Å². The van der Waals surface area contributed by atoms with Crippen LogP contribution < -0.4 is 0 Å². The van der Waals surface area contributed by atoms with Gasteiger partial charge in [0.15, 0.2) is 0 Å². The van der Waals surface area contributed by atoms with E-state index in [1.54, 1.807) is 4.90 Å². The summed E-state index contributed by atoms with van der Waals surface area (Å²) in [5.74, 6) is -1.04. The lowest BCUT2D eigenvalue weighted by atomic mass is 9.68. The lowest BCUT2D eigenvalue weighted by Gasteiger charge is -2.39. The van der Waals surface area contributed by atoms with Gasteiger partial charge in [-0.25, -0.2) is 0 Å². The Bertz CT molecular complexity index is 604. The van der Waals surface area contributed by atoms with Crippen molar-refractivity contribution in [3.05, 3.63) is 35.4 Å². The summed E-state index contributed by atoms with van der Waals surface area (Å²) in [5.41, 5.74) is 1.84. The Hall–Kier alpha value is -1.84. The van der Waals surface area contributed by atoms with Crippen LogP contribution in [-0.4, -0.2) is 35.0 Å². The molecular weight excluding hydrogens is 290 g/mol. The summed E-state index contributed by atoms with van der Waals surface area (Å²) in [5, 5.41) is 9.20. The molecule has 4 heteroatoms. The standard InChI is InChI=1S/C19H25NO3/c1-14-6-5-7-16(12-14)19(9-3-2-4-10-19)18(23)20-11-8-15(13-20)17(21)22/h5-7,12,15H,2-4,8-11,13H2,1H3,(H,21,22). The number of aliphatic carboxylic acids is 1. The van der Waals surface area contributed by atoms with Crippen LogP contribution in [-0.2, 0) is 15.0 Å². The Morgan fingerprint density at radius 1 is 1.22 bits per heavy atom. The summed E-state index contributed by atoms with van der Waals surface area (Å²) in [6.45, 7) is 2.99. The second kappa shape index (κ2) is 6.34. The fraction of sp³-hybridized carbons (Fsp3) is 0.579. The quantitative estimate of drug-likeness (QED) is 0.932. The summed E-state index contributed by atoms with van der Waals surface area (Å²) < 4.78 is 0. The predicted octanol–water partition coefficient (Wildman–Crippen LogP) is 3.13. The van der Waals surface area contributed by atoms with Gasteiger partial charge in [0.05, 0.1) is 11.3 Å². The first kappa shape index (κ1) is 16.0. The molecule has 1 aromatic carbocycles. The summed E-state index contributed by atoms with van der Waals surface area (Å²) in [6, 6.07) is 8.29. The molecule has 1 atom stereocenters. The third-order valence-corrected chi connectivity index (χ3v) is 5.51. The van der Waals surface area contributed by atoms with E-state index in [9.17, 15) is 14.7 Å². The lowest BCUT2D eigenvalue weighted by Crippen LogP contribution is -2.47. The molecule has 0 spiro atoms. The SMILES string of the molecule is Cc1cccc(C2(C(=O)N3CCC(C(=O)O)C3)CCCCC2)c1. The number of carboxylic acids is 1. The van der Waals surface area contributed by atoms with Crippen LogP contribution in [0.3, 0.4) is 0 Å². The zero-order valence-corrected chi connectivity index (χ0v) is 13.8. The summed E-state index contributed by atoms with van der Waals surface area (Å²) in [7, 11) is 0. The van der Waals surface area contributed by atoms with Crippen LogP contribution in [0.4, 0.5) is 0 Å². The van der Waals surface area contributed by atoms with Crippen LogP contribution in [0, 0.1) is 12.8 Å². The van der Waals surface area contributed by atoms with E-state index < -0.39 is 17.3 Å². The molecule has 1 amide bonds. The number of hydrogen-bond donors (Lipinski definition) is 1. The fourth-order valence-electron chi connectivity index (χ4n) is 4.17. The molecule has 124 valence electrons. The molecule has 3 rings (SSSR count). The maximum atomic E-state index is 13.3. The van der Waals surface area contributed by atoms with E-state index in [2.05, 4.69) is 25.1 Å². The monoisotopic (exact) mass is 315 g/mol. The highest BCUT2D eigenvalue weighted by atomic mass is 16.4. The van der Waals surface area contributed by atoms with Crippen molar-refractivity contribution >= 4 is 11.9 Å². The molecule has 1 N–H and O–H groups in total. The smallest absolute Gasteiger partial charge is 0.308 e. The number of carbonyl (C=O) groups excluding carboxylic acids is 1. The van der Waals surface area contributed by atoms with Gasteiger partial charge in [-0.3, -0.25) is 9.59 Å². The molecule has 1 unspecified atom stereocenters. The highest BCUT2D eigenvalue weighted by Crippen LogP contribution is 2.42. The number of aryl methyl sites for hydroxylation is 1. The number of carbonyl (C=O) groups is 2. The van der Waals surface area contributed by atoms with Crippen molar-refractivity contribution in [1.82, 2.24) is 4.90 Å². The van der Waals surface area contributed by atoms with Gasteiger partial charge in [-0.1, -0.05) is 49.1 Å². The number of amides is 1. The predicted molar refractivity (Wildman–Crippen MR) is 88.3 cm³/mol. The van der Waals surface area contributed by atoms with Crippen molar-refractivity contribution in [2.24, 2.45) is 5.92 Å². The van der Waals surface area contributed by atoms with Crippen LogP contribution in [0.25, 0.3) is 0 Å². The minimum absolute atomic E-state index is 0.145. The second-order valence-electron chi connectivity index (χ2n) is 7.09. The fourth-order valence-corrected chi connectivity index (χ4v) is 4.17.